The molecular weight excluding hydrogens is 236 g/mol. The fraction of sp³-hybridized carbons (Fsp3) is 0.500. The molecule has 100 valence electrons. The highest BCUT2D eigenvalue weighted by Gasteiger charge is 2.27. The van der Waals surface area contributed by atoms with E-state index < -0.39 is 0 Å². The van der Waals surface area contributed by atoms with Gasteiger partial charge >= 0.3 is 0 Å². The molecule has 1 saturated heterocycles. The van der Waals surface area contributed by atoms with Gasteiger partial charge in [0.15, 0.2) is 0 Å². The predicted molar refractivity (Wildman–Crippen MR) is 76.5 cm³/mol. The van der Waals surface area contributed by atoms with E-state index in [0.29, 0.717) is 6.04 Å². The van der Waals surface area contributed by atoms with E-state index in [0.717, 1.165) is 26.3 Å². The van der Waals surface area contributed by atoms with Gasteiger partial charge in [-0.3, -0.25) is 4.90 Å². The molecule has 1 fully saturated rings. The zero-order chi connectivity index (χ0) is 12.7. The minimum atomic E-state index is 0.704. The lowest BCUT2D eigenvalue weighted by Gasteiger charge is -2.36. The summed E-state index contributed by atoms with van der Waals surface area (Å²) in [5, 5.41) is 1.43. The van der Waals surface area contributed by atoms with Crippen molar-refractivity contribution >= 4 is 10.9 Å². The summed E-state index contributed by atoms with van der Waals surface area (Å²) in [5.41, 5.74) is 4.32. The first-order chi connectivity index (χ1) is 9.42. The van der Waals surface area contributed by atoms with Gasteiger partial charge in [0, 0.05) is 35.7 Å². The van der Waals surface area contributed by atoms with E-state index in [4.69, 9.17) is 4.74 Å². The van der Waals surface area contributed by atoms with Crippen molar-refractivity contribution in [2.75, 3.05) is 26.3 Å². The van der Waals surface area contributed by atoms with Crippen LogP contribution in [0.5, 0.6) is 0 Å². The first-order valence-corrected chi connectivity index (χ1v) is 7.32. The largest absolute Gasteiger partial charge is 0.379 e. The maximum atomic E-state index is 5.47. The Bertz CT molecular complexity index is 583. The number of nitrogens with one attached hydrogen (secondary N) is 1. The monoisotopic (exact) mass is 256 g/mol. The number of aryl methyl sites for hydroxylation is 1. The molecule has 0 saturated carbocycles. The molecule has 1 aliphatic heterocycles. The summed E-state index contributed by atoms with van der Waals surface area (Å²) < 4.78 is 5.47. The minimum Gasteiger partial charge on any atom is -0.379 e. The summed E-state index contributed by atoms with van der Waals surface area (Å²) in [6.45, 7) is 4.00. The molecular formula is C16H20N2O. The molecule has 0 radical (unpaired) electrons. The van der Waals surface area contributed by atoms with Gasteiger partial charge in [-0.05, 0) is 30.9 Å². The summed E-state index contributed by atoms with van der Waals surface area (Å²) in [7, 11) is 0. The average molecular weight is 256 g/mol. The van der Waals surface area contributed by atoms with Crippen LogP contribution in [0.15, 0.2) is 24.3 Å². The summed E-state index contributed by atoms with van der Waals surface area (Å²) >= 11 is 0. The second-order valence-corrected chi connectivity index (χ2v) is 5.67. The van der Waals surface area contributed by atoms with Gasteiger partial charge in [-0.25, -0.2) is 0 Å². The van der Waals surface area contributed by atoms with E-state index in [1.807, 2.05) is 0 Å². The number of ether oxygens (including phenoxy) is 1. The van der Waals surface area contributed by atoms with E-state index >= 15 is 0 Å². The SMILES string of the molecule is c1ccc2c3c([nH]c2c1)CCC(N1CCOCC1)C3. The lowest BCUT2D eigenvalue weighted by molar-refractivity contribution is 0.0137. The molecule has 19 heavy (non-hydrogen) atoms. The Kier molecular flexibility index (Phi) is 2.82. The molecule has 1 aliphatic carbocycles. The van der Waals surface area contributed by atoms with Crippen LogP contribution in [0.2, 0.25) is 0 Å². The molecule has 2 heterocycles. The number of H-pyrrole nitrogens is 1. The lowest BCUT2D eigenvalue weighted by Crippen LogP contribution is -2.45. The van der Waals surface area contributed by atoms with Crippen molar-refractivity contribution in [2.45, 2.75) is 25.3 Å². The van der Waals surface area contributed by atoms with Crippen LogP contribution in [-0.4, -0.2) is 42.2 Å². The third-order valence-electron chi connectivity index (χ3n) is 4.63. The number of rotatable bonds is 1. The molecule has 3 nitrogen and oxygen atoms in total. The number of hydrogen-bond donors (Lipinski definition) is 1. The summed E-state index contributed by atoms with van der Waals surface area (Å²) in [6.07, 6.45) is 3.66. The minimum absolute atomic E-state index is 0.704. The second-order valence-electron chi connectivity index (χ2n) is 5.67. The highest BCUT2D eigenvalue weighted by Crippen LogP contribution is 2.31. The zero-order valence-electron chi connectivity index (χ0n) is 11.2. The fourth-order valence-electron chi connectivity index (χ4n) is 3.61. The number of aromatic nitrogens is 1. The van der Waals surface area contributed by atoms with Gasteiger partial charge in [0.05, 0.1) is 13.2 Å². The van der Waals surface area contributed by atoms with Gasteiger partial charge in [0.2, 0.25) is 0 Å². The van der Waals surface area contributed by atoms with Crippen molar-refractivity contribution in [3.05, 3.63) is 35.5 Å². The molecule has 0 amide bonds. The number of para-hydroxylation sites is 1. The molecule has 1 N–H and O–H groups in total. The van der Waals surface area contributed by atoms with E-state index in [1.165, 1.54) is 35.9 Å². The van der Waals surface area contributed by atoms with Crippen LogP contribution < -0.4 is 0 Å². The summed E-state index contributed by atoms with van der Waals surface area (Å²) in [4.78, 5) is 6.22. The molecule has 1 unspecified atom stereocenters. The molecule has 1 atom stereocenters. The van der Waals surface area contributed by atoms with Crippen molar-refractivity contribution in [1.29, 1.82) is 0 Å². The second kappa shape index (κ2) is 4.66. The normalized spacial score (nSPS) is 24.5. The Morgan fingerprint density at radius 2 is 2.00 bits per heavy atom. The van der Waals surface area contributed by atoms with Crippen LogP contribution in [0.3, 0.4) is 0 Å². The number of morpholine rings is 1. The smallest absolute Gasteiger partial charge is 0.0594 e. The van der Waals surface area contributed by atoms with Crippen molar-refractivity contribution in [2.24, 2.45) is 0 Å². The summed E-state index contributed by atoms with van der Waals surface area (Å²) in [5.74, 6) is 0. The molecule has 2 aromatic rings. The van der Waals surface area contributed by atoms with Gasteiger partial charge in [-0.2, -0.15) is 0 Å². The molecule has 1 aromatic heterocycles. The van der Waals surface area contributed by atoms with E-state index in [-0.39, 0.29) is 0 Å². The maximum Gasteiger partial charge on any atom is 0.0594 e. The topological polar surface area (TPSA) is 28.3 Å². The van der Waals surface area contributed by atoms with Crippen LogP contribution in [0, 0.1) is 0 Å². The Morgan fingerprint density at radius 3 is 2.89 bits per heavy atom. The van der Waals surface area contributed by atoms with E-state index in [9.17, 15) is 0 Å². The first-order valence-electron chi connectivity index (χ1n) is 7.32. The van der Waals surface area contributed by atoms with Crippen LogP contribution in [0.1, 0.15) is 17.7 Å². The van der Waals surface area contributed by atoms with Crippen molar-refractivity contribution in [3.8, 4) is 0 Å². The van der Waals surface area contributed by atoms with Gasteiger partial charge < -0.3 is 9.72 Å². The van der Waals surface area contributed by atoms with Crippen LogP contribution in [-0.2, 0) is 17.6 Å². The van der Waals surface area contributed by atoms with Crippen molar-refractivity contribution < 1.29 is 4.74 Å². The number of fused-ring (bicyclic) bond motifs is 3. The number of nitrogens with zero attached hydrogens (tertiary/aromatic N) is 1. The van der Waals surface area contributed by atoms with Crippen LogP contribution in [0.25, 0.3) is 10.9 Å². The number of hydrogen-bond acceptors (Lipinski definition) is 2. The average Bonchev–Trinajstić information content (AvgIpc) is 2.86. The van der Waals surface area contributed by atoms with Crippen LogP contribution >= 0.6 is 0 Å². The third kappa shape index (κ3) is 1.97. The van der Waals surface area contributed by atoms with Crippen molar-refractivity contribution in [3.63, 3.8) is 0 Å². The highest BCUT2D eigenvalue weighted by molar-refractivity contribution is 5.84. The highest BCUT2D eigenvalue weighted by atomic mass is 16.5. The van der Waals surface area contributed by atoms with Gasteiger partial charge in [0.1, 0.15) is 0 Å². The van der Waals surface area contributed by atoms with Crippen LogP contribution in [0.4, 0.5) is 0 Å². The number of aromatic amines is 1. The Balaban J connectivity index is 1.65. The molecule has 2 aliphatic rings. The third-order valence-corrected chi connectivity index (χ3v) is 4.63. The van der Waals surface area contributed by atoms with Gasteiger partial charge in [-0.15, -0.1) is 0 Å². The molecule has 3 heteroatoms. The van der Waals surface area contributed by atoms with Gasteiger partial charge in [-0.1, -0.05) is 18.2 Å². The predicted octanol–water partition coefficient (Wildman–Crippen LogP) is 2.36. The van der Waals surface area contributed by atoms with Gasteiger partial charge in [0.25, 0.3) is 0 Å². The standard InChI is InChI=1S/C16H20N2O/c1-2-4-15-13(3-1)14-11-12(5-6-16(14)17-15)18-7-9-19-10-8-18/h1-4,12,17H,5-11H2. The van der Waals surface area contributed by atoms with E-state index in [2.05, 4.69) is 34.1 Å². The number of benzene rings is 1. The molecule has 0 bridgehead atoms. The lowest BCUT2D eigenvalue weighted by atomic mass is 9.90. The van der Waals surface area contributed by atoms with E-state index in [1.54, 1.807) is 5.56 Å². The molecule has 4 rings (SSSR count). The quantitative estimate of drug-likeness (QED) is 0.848. The maximum absolute atomic E-state index is 5.47. The summed E-state index contributed by atoms with van der Waals surface area (Å²) in [6, 6.07) is 9.41. The first kappa shape index (κ1) is 11.5. The Hall–Kier alpha value is -1.32. The Labute approximate surface area is 113 Å². The molecule has 0 spiro atoms. The zero-order valence-corrected chi connectivity index (χ0v) is 11.2. The molecule has 1 aromatic carbocycles. The fourth-order valence-corrected chi connectivity index (χ4v) is 3.61. The van der Waals surface area contributed by atoms with Crippen molar-refractivity contribution in [1.82, 2.24) is 9.88 Å². The Morgan fingerprint density at radius 1 is 1.16 bits per heavy atom.